The van der Waals surface area contributed by atoms with Gasteiger partial charge in [0.05, 0.1) is 16.4 Å². The highest BCUT2D eigenvalue weighted by Gasteiger charge is 2.60. The first-order valence-electron chi connectivity index (χ1n) is 11.0. The Morgan fingerprint density at radius 2 is 1.94 bits per heavy atom. The van der Waals surface area contributed by atoms with Crippen molar-refractivity contribution in [1.29, 1.82) is 0 Å². The summed E-state index contributed by atoms with van der Waals surface area (Å²) in [5, 5.41) is 11.5. The summed E-state index contributed by atoms with van der Waals surface area (Å²) in [6.45, 7) is 16.0. The van der Waals surface area contributed by atoms with Crippen molar-refractivity contribution >= 4 is 17.7 Å². The maximum Gasteiger partial charge on any atom is 0.338 e. The second-order valence-electron chi connectivity index (χ2n) is 10.4. The van der Waals surface area contributed by atoms with Crippen LogP contribution in [0, 0.1) is 20.9 Å². The van der Waals surface area contributed by atoms with Crippen LogP contribution >= 0.6 is 0 Å². The minimum atomic E-state index is -0.888. The predicted molar refractivity (Wildman–Crippen MR) is 127 cm³/mol. The minimum absolute atomic E-state index is 0.0117. The van der Waals surface area contributed by atoms with E-state index < -0.39 is 22.0 Å². The third kappa shape index (κ3) is 3.29. The molecule has 1 aromatic rings. The largest absolute Gasteiger partial charge is 0.459 e. The molecule has 0 amide bonds. The third-order valence-electron chi connectivity index (χ3n) is 6.96. The fourth-order valence-corrected chi connectivity index (χ4v) is 5.39. The number of nitro benzene ring substituents is 1. The minimum Gasteiger partial charge on any atom is -0.459 e. The van der Waals surface area contributed by atoms with Gasteiger partial charge in [0.1, 0.15) is 0 Å². The van der Waals surface area contributed by atoms with Gasteiger partial charge >= 0.3 is 5.97 Å². The molecule has 0 fully saturated rings. The molecule has 7 heteroatoms. The van der Waals surface area contributed by atoms with Gasteiger partial charge in [-0.25, -0.2) is 4.79 Å². The smallest absolute Gasteiger partial charge is 0.338 e. The first kappa shape index (κ1) is 22.8. The Kier molecular flexibility index (Phi) is 4.89. The quantitative estimate of drug-likeness (QED) is 0.191. The van der Waals surface area contributed by atoms with Gasteiger partial charge < -0.3 is 14.4 Å². The summed E-state index contributed by atoms with van der Waals surface area (Å²) in [4.78, 5) is 25.4. The standard InChI is InChI=1S/C26H30N2O5/c1-15(2)23(29)32-20-12-18(28(30)31)11-17-9-10-26(33-22(17)20)25(6,7)19-14-24(4,5)13-16(3)21(19)27(26)8/h9-13H,1,14H2,2-8H3. The van der Waals surface area contributed by atoms with Crippen molar-refractivity contribution in [3.63, 3.8) is 0 Å². The average Bonchev–Trinajstić information content (AvgIpc) is 2.85. The highest BCUT2D eigenvalue weighted by molar-refractivity contribution is 5.89. The second-order valence-corrected chi connectivity index (χ2v) is 10.4. The van der Waals surface area contributed by atoms with Crippen LogP contribution in [0.2, 0.25) is 0 Å². The van der Waals surface area contributed by atoms with Crippen LogP contribution in [0.1, 0.15) is 53.5 Å². The number of hydrogen-bond donors (Lipinski definition) is 0. The number of nitro groups is 1. The fraction of sp³-hybridized carbons (Fsp3) is 0.423. The van der Waals surface area contributed by atoms with E-state index in [1.165, 1.54) is 30.2 Å². The normalized spacial score (nSPS) is 24.1. The van der Waals surface area contributed by atoms with E-state index in [9.17, 15) is 14.9 Å². The zero-order valence-electron chi connectivity index (χ0n) is 20.2. The summed E-state index contributed by atoms with van der Waals surface area (Å²) in [6.07, 6.45) is 6.97. The number of benzene rings is 1. The lowest BCUT2D eigenvalue weighted by Crippen LogP contribution is -2.55. The molecule has 0 N–H and O–H groups in total. The summed E-state index contributed by atoms with van der Waals surface area (Å²) in [6, 6.07) is 2.66. The summed E-state index contributed by atoms with van der Waals surface area (Å²) < 4.78 is 12.2. The highest BCUT2D eigenvalue weighted by atomic mass is 16.6. The Labute approximate surface area is 194 Å². The number of rotatable bonds is 3. The van der Waals surface area contributed by atoms with Crippen molar-refractivity contribution in [1.82, 2.24) is 4.90 Å². The van der Waals surface area contributed by atoms with Crippen LogP contribution < -0.4 is 9.47 Å². The summed E-state index contributed by atoms with van der Waals surface area (Å²) in [5.41, 5.74) is 2.84. The fourth-order valence-electron chi connectivity index (χ4n) is 5.39. The number of hydrogen-bond acceptors (Lipinski definition) is 6. The first-order chi connectivity index (χ1) is 15.2. The van der Waals surface area contributed by atoms with Gasteiger partial charge in [-0.3, -0.25) is 10.1 Å². The topological polar surface area (TPSA) is 81.9 Å². The molecule has 0 saturated carbocycles. The number of non-ortho nitro benzene ring substituents is 1. The lowest BCUT2D eigenvalue weighted by atomic mass is 9.68. The van der Waals surface area contributed by atoms with Crippen LogP contribution in [-0.2, 0) is 4.79 Å². The molecule has 1 unspecified atom stereocenters. The predicted octanol–water partition coefficient (Wildman–Crippen LogP) is 5.78. The number of carbonyl (C=O) groups excluding carboxylic acids is 1. The Morgan fingerprint density at radius 1 is 1.27 bits per heavy atom. The van der Waals surface area contributed by atoms with E-state index in [0.29, 0.717) is 11.3 Å². The molecule has 1 aliphatic carbocycles. The Bertz CT molecular complexity index is 1200. The molecule has 0 bridgehead atoms. The van der Waals surface area contributed by atoms with Gasteiger partial charge in [-0.05, 0) is 62.8 Å². The van der Waals surface area contributed by atoms with Gasteiger partial charge in [0.15, 0.2) is 11.5 Å². The number of nitrogens with zero attached hydrogens (tertiary/aromatic N) is 2. The molecule has 0 saturated heterocycles. The Morgan fingerprint density at radius 3 is 2.55 bits per heavy atom. The van der Waals surface area contributed by atoms with Gasteiger partial charge in [0.2, 0.25) is 5.72 Å². The van der Waals surface area contributed by atoms with Crippen molar-refractivity contribution in [3.8, 4) is 11.5 Å². The molecule has 3 aliphatic rings. The van der Waals surface area contributed by atoms with Crippen molar-refractivity contribution in [2.45, 2.75) is 53.7 Å². The Hall–Kier alpha value is -3.35. The molecule has 33 heavy (non-hydrogen) atoms. The van der Waals surface area contributed by atoms with E-state index >= 15 is 0 Å². The SMILES string of the molecule is C=C(C)C(=O)Oc1cc([N+](=O)[O-])cc2c1OC1(C=C2)N(C)C2=C(CC(C)(C)C=C2C)C1(C)C. The van der Waals surface area contributed by atoms with E-state index in [1.54, 1.807) is 0 Å². The molecule has 2 aliphatic heterocycles. The van der Waals surface area contributed by atoms with Gasteiger partial charge in [-0.1, -0.05) is 26.5 Å². The number of allylic oxidation sites excluding steroid dienone is 2. The monoisotopic (exact) mass is 450 g/mol. The van der Waals surface area contributed by atoms with Crippen LogP contribution in [0.5, 0.6) is 11.5 Å². The molecule has 1 atom stereocenters. The van der Waals surface area contributed by atoms with Crippen molar-refractivity contribution in [3.05, 3.63) is 69.0 Å². The van der Waals surface area contributed by atoms with Gasteiger partial charge in [0, 0.05) is 29.9 Å². The molecule has 1 spiro atoms. The molecular weight excluding hydrogens is 420 g/mol. The number of carbonyl (C=O) groups is 1. The highest BCUT2D eigenvalue weighted by Crippen LogP contribution is 2.60. The van der Waals surface area contributed by atoms with Crippen LogP contribution in [0.15, 0.2) is 53.3 Å². The number of fused-ring (bicyclic) bond motifs is 1. The van der Waals surface area contributed by atoms with E-state index in [2.05, 4.69) is 52.2 Å². The Balaban J connectivity index is 1.86. The van der Waals surface area contributed by atoms with E-state index in [1.807, 2.05) is 19.2 Å². The van der Waals surface area contributed by atoms with Crippen LogP contribution in [0.3, 0.4) is 0 Å². The van der Waals surface area contributed by atoms with Crippen LogP contribution in [-0.4, -0.2) is 28.6 Å². The molecular formula is C26H30N2O5. The summed E-state index contributed by atoms with van der Waals surface area (Å²) in [5.74, 6) is -0.349. The number of likely N-dealkylation sites (N-methyl/N-ethyl adjacent to an activating group) is 1. The molecule has 2 heterocycles. The average molecular weight is 451 g/mol. The van der Waals surface area contributed by atoms with Crippen molar-refractivity contribution in [2.75, 3.05) is 7.05 Å². The van der Waals surface area contributed by atoms with Gasteiger partial charge in [-0.15, -0.1) is 0 Å². The van der Waals surface area contributed by atoms with Crippen LogP contribution in [0.4, 0.5) is 5.69 Å². The molecule has 1 aromatic carbocycles. The third-order valence-corrected chi connectivity index (χ3v) is 6.96. The van der Waals surface area contributed by atoms with Gasteiger partial charge in [0.25, 0.3) is 5.69 Å². The maximum atomic E-state index is 12.3. The molecule has 0 aromatic heterocycles. The zero-order valence-corrected chi connectivity index (χ0v) is 20.2. The van der Waals surface area contributed by atoms with Crippen LogP contribution in [0.25, 0.3) is 6.08 Å². The zero-order chi connectivity index (χ0) is 24.5. The molecule has 4 rings (SSSR count). The molecule has 174 valence electrons. The van der Waals surface area contributed by atoms with E-state index in [-0.39, 0.29) is 22.4 Å². The lowest BCUT2D eigenvalue weighted by Gasteiger charge is -2.47. The maximum absolute atomic E-state index is 12.3. The summed E-state index contributed by atoms with van der Waals surface area (Å²) >= 11 is 0. The number of ether oxygens (including phenoxy) is 2. The lowest BCUT2D eigenvalue weighted by molar-refractivity contribution is -0.385. The molecule has 7 nitrogen and oxygen atoms in total. The molecule has 0 radical (unpaired) electrons. The van der Waals surface area contributed by atoms with Gasteiger partial charge in [-0.2, -0.15) is 0 Å². The first-order valence-corrected chi connectivity index (χ1v) is 11.0. The van der Waals surface area contributed by atoms with Crippen molar-refractivity contribution in [2.24, 2.45) is 10.8 Å². The second kappa shape index (κ2) is 7.07. The van der Waals surface area contributed by atoms with E-state index in [4.69, 9.17) is 9.47 Å². The van der Waals surface area contributed by atoms with Crippen molar-refractivity contribution < 1.29 is 19.2 Å². The van der Waals surface area contributed by atoms with E-state index in [0.717, 1.165) is 12.1 Å². The number of esters is 1. The summed E-state index contributed by atoms with van der Waals surface area (Å²) in [7, 11) is 2.00.